The molecule has 0 aliphatic heterocycles. The van der Waals surface area contributed by atoms with Gasteiger partial charge < -0.3 is 14.9 Å². The van der Waals surface area contributed by atoms with Crippen molar-refractivity contribution in [1.82, 2.24) is 0 Å². The summed E-state index contributed by atoms with van der Waals surface area (Å²) in [5.41, 5.74) is 1.57. The van der Waals surface area contributed by atoms with Gasteiger partial charge in [0.25, 0.3) is 0 Å². The van der Waals surface area contributed by atoms with Crippen LogP contribution in [0.5, 0.6) is 0 Å². The molecule has 6 unspecified atom stereocenters. The lowest BCUT2D eigenvalue weighted by Crippen LogP contribution is -2.33. The number of benzene rings is 1. The fourth-order valence-corrected chi connectivity index (χ4v) is 7.26. The molecule has 5 nitrogen and oxygen atoms in total. The Labute approximate surface area is 248 Å². The summed E-state index contributed by atoms with van der Waals surface area (Å²) in [6, 6.07) is 0. The fraction of sp³-hybridized carbons (Fsp3) is 0.545. The highest BCUT2D eigenvalue weighted by molar-refractivity contribution is 5.85. The monoisotopic (exact) mass is 607 g/mol. The summed E-state index contributed by atoms with van der Waals surface area (Å²) >= 11 is 0. The van der Waals surface area contributed by atoms with Gasteiger partial charge in [-0.2, -0.15) is 0 Å². The minimum Gasteiger partial charge on any atom is -0.441 e. The first-order chi connectivity index (χ1) is 20.4. The number of rotatable bonds is 7. The molecule has 10 heteroatoms. The molecule has 4 saturated carbocycles. The van der Waals surface area contributed by atoms with Gasteiger partial charge in [-0.05, 0) is 98.2 Å². The summed E-state index contributed by atoms with van der Waals surface area (Å²) in [4.78, 5) is 12.4. The van der Waals surface area contributed by atoms with Crippen LogP contribution in [-0.2, 0) is 4.74 Å². The maximum atomic E-state index is 14.0. The van der Waals surface area contributed by atoms with Crippen LogP contribution in [0.2, 0.25) is 0 Å². The molecule has 4 aliphatic carbocycles. The van der Waals surface area contributed by atoms with E-state index in [1.807, 2.05) is 12.2 Å². The normalized spacial score (nSPS) is 32.0. The number of hydrogen-bond donors (Lipinski definition) is 3. The molecule has 6 atom stereocenters. The van der Waals surface area contributed by atoms with Gasteiger partial charge in [-0.1, -0.05) is 37.3 Å². The lowest BCUT2D eigenvalue weighted by molar-refractivity contribution is 0.0862. The van der Waals surface area contributed by atoms with Crippen LogP contribution in [0.15, 0.2) is 47.6 Å². The van der Waals surface area contributed by atoms with Crippen LogP contribution in [0.3, 0.4) is 0 Å². The largest absolute Gasteiger partial charge is 0.441 e. The number of aliphatic hydroxyl groups is 2. The van der Waals surface area contributed by atoms with Gasteiger partial charge in [-0.25, -0.2) is 26.7 Å². The smallest absolute Gasteiger partial charge is 0.412 e. The molecule has 1 aromatic rings. The van der Waals surface area contributed by atoms with Crippen LogP contribution in [0.1, 0.15) is 71.1 Å². The quantitative estimate of drug-likeness (QED) is 0.128. The topological polar surface area (TPSA) is 78.8 Å². The molecular weight excluding hydrogens is 569 g/mol. The number of allylic oxidation sites excluding steroid dienone is 4. The van der Waals surface area contributed by atoms with Crippen molar-refractivity contribution in [2.75, 3.05) is 5.32 Å². The Morgan fingerprint density at radius 2 is 1.72 bits per heavy atom. The van der Waals surface area contributed by atoms with Gasteiger partial charge in [0.15, 0.2) is 23.3 Å². The number of ether oxygens (including phenoxy) is 1. The van der Waals surface area contributed by atoms with Crippen LogP contribution < -0.4 is 5.32 Å². The number of halogens is 5. The second-order valence-corrected chi connectivity index (χ2v) is 12.7. The Balaban J connectivity index is 1.22. The summed E-state index contributed by atoms with van der Waals surface area (Å²) in [5, 5.41) is 22.0. The molecule has 1 aromatic carbocycles. The third-order valence-electron chi connectivity index (χ3n) is 9.94. The lowest BCUT2D eigenvalue weighted by atomic mass is 9.63. The first kappa shape index (κ1) is 31.4. The van der Waals surface area contributed by atoms with Gasteiger partial charge in [0.05, 0.1) is 12.2 Å². The van der Waals surface area contributed by atoms with Crippen molar-refractivity contribution in [2.24, 2.45) is 23.2 Å². The van der Waals surface area contributed by atoms with Crippen molar-refractivity contribution in [3.63, 3.8) is 0 Å². The van der Waals surface area contributed by atoms with Crippen molar-refractivity contribution >= 4 is 11.8 Å². The molecule has 43 heavy (non-hydrogen) atoms. The summed E-state index contributed by atoms with van der Waals surface area (Å²) in [6.07, 6.45) is 13.0. The van der Waals surface area contributed by atoms with E-state index < -0.39 is 59.2 Å². The molecule has 0 saturated heterocycles. The third-order valence-corrected chi connectivity index (χ3v) is 9.94. The Kier molecular flexibility index (Phi) is 9.18. The van der Waals surface area contributed by atoms with E-state index in [1.165, 1.54) is 5.57 Å². The molecular formula is C33H38F5NO4. The molecule has 0 heterocycles. The number of anilines is 1. The van der Waals surface area contributed by atoms with E-state index in [2.05, 4.69) is 19.6 Å². The average Bonchev–Trinajstić information content (AvgIpc) is 3.76. The van der Waals surface area contributed by atoms with Crippen LogP contribution in [0.25, 0.3) is 0 Å². The lowest BCUT2D eigenvalue weighted by Gasteiger charge is -2.42. The summed E-state index contributed by atoms with van der Waals surface area (Å²) in [5.74, 6) is -10.0. The van der Waals surface area contributed by atoms with Crippen LogP contribution in [0.4, 0.5) is 32.4 Å². The average molecular weight is 608 g/mol. The van der Waals surface area contributed by atoms with Crippen LogP contribution in [0, 0.1) is 52.3 Å². The van der Waals surface area contributed by atoms with Crippen LogP contribution in [-0.4, -0.2) is 34.6 Å². The van der Waals surface area contributed by atoms with E-state index in [-0.39, 0.29) is 11.3 Å². The molecule has 0 bridgehead atoms. The van der Waals surface area contributed by atoms with E-state index in [4.69, 9.17) is 4.74 Å². The van der Waals surface area contributed by atoms with Gasteiger partial charge in [0.2, 0.25) is 5.82 Å². The summed E-state index contributed by atoms with van der Waals surface area (Å²) in [6.45, 7) is 6.33. The fourth-order valence-electron chi connectivity index (χ4n) is 7.26. The molecule has 0 radical (unpaired) electrons. The SMILES string of the molecule is C=C1/C(=C\C=C2/CCCC3(C)C(C/C=C/C(OC(=O)Nc4c(F)c(F)c(F)c(F)c4F)C4CC4)CCC23)CC(O)CC1O. The zero-order valence-corrected chi connectivity index (χ0v) is 24.2. The van der Waals surface area contributed by atoms with Gasteiger partial charge in [-0.15, -0.1) is 0 Å². The number of hydrogen-bond acceptors (Lipinski definition) is 4. The predicted octanol–water partition coefficient (Wildman–Crippen LogP) is 7.80. The molecule has 0 spiro atoms. The third kappa shape index (κ3) is 6.45. The Bertz CT molecular complexity index is 1340. The zero-order valence-electron chi connectivity index (χ0n) is 24.2. The van der Waals surface area contributed by atoms with E-state index in [9.17, 15) is 37.0 Å². The second-order valence-electron chi connectivity index (χ2n) is 12.7. The maximum Gasteiger partial charge on any atom is 0.412 e. The van der Waals surface area contributed by atoms with E-state index in [1.54, 1.807) is 11.4 Å². The predicted molar refractivity (Wildman–Crippen MR) is 151 cm³/mol. The number of aliphatic hydroxyl groups excluding tert-OH is 2. The molecule has 234 valence electrons. The Hall–Kier alpha value is -2.98. The molecule has 3 N–H and O–H groups in total. The number of amides is 1. The van der Waals surface area contributed by atoms with Crippen molar-refractivity contribution in [3.05, 3.63) is 76.7 Å². The highest BCUT2D eigenvalue weighted by Gasteiger charge is 2.48. The first-order valence-corrected chi connectivity index (χ1v) is 15.0. The van der Waals surface area contributed by atoms with E-state index in [0.29, 0.717) is 30.3 Å². The zero-order chi connectivity index (χ0) is 31.1. The van der Waals surface area contributed by atoms with Gasteiger partial charge >= 0.3 is 6.09 Å². The van der Waals surface area contributed by atoms with Crippen molar-refractivity contribution in [2.45, 2.75) is 89.4 Å². The van der Waals surface area contributed by atoms with Crippen molar-refractivity contribution < 1.29 is 41.7 Å². The van der Waals surface area contributed by atoms with E-state index in [0.717, 1.165) is 56.9 Å². The van der Waals surface area contributed by atoms with Crippen molar-refractivity contribution in [3.8, 4) is 0 Å². The highest BCUT2D eigenvalue weighted by atomic mass is 19.2. The summed E-state index contributed by atoms with van der Waals surface area (Å²) in [7, 11) is 0. The number of carbonyl (C=O) groups excluding carboxylic acids is 1. The first-order valence-electron chi connectivity index (χ1n) is 15.0. The van der Waals surface area contributed by atoms with Gasteiger partial charge in [0.1, 0.15) is 11.8 Å². The number of fused-ring (bicyclic) bond motifs is 1. The molecule has 1 amide bonds. The molecule has 4 aliphatic rings. The Morgan fingerprint density at radius 3 is 2.40 bits per heavy atom. The molecule has 4 fully saturated rings. The standard InChI is InChI=1S/C33H38F5NO4/c1-17-20(15-22(40)16-24(17)41)11-8-18-5-4-14-33(2)21(12-13-23(18)33)6-3-7-25(19-9-10-19)43-32(42)39-31-29(37)27(35)26(34)28(36)30(31)38/h3,7-8,11,19,21-25,40-41H,1,4-6,9-10,12-16H2,2H3,(H,39,42)/b7-3+,18-8+,20-11-. The van der Waals surface area contributed by atoms with Crippen LogP contribution >= 0.6 is 0 Å². The van der Waals surface area contributed by atoms with Crippen molar-refractivity contribution in [1.29, 1.82) is 0 Å². The Morgan fingerprint density at radius 1 is 1.05 bits per heavy atom. The second kappa shape index (κ2) is 12.6. The van der Waals surface area contributed by atoms with Gasteiger partial charge in [-0.3, -0.25) is 5.32 Å². The van der Waals surface area contributed by atoms with Gasteiger partial charge in [0, 0.05) is 6.42 Å². The molecule has 5 rings (SSSR count). The minimum absolute atomic E-state index is 0.0223. The summed E-state index contributed by atoms with van der Waals surface area (Å²) < 4.78 is 73.7. The van der Waals surface area contributed by atoms with E-state index >= 15 is 0 Å². The maximum absolute atomic E-state index is 14.0. The highest BCUT2D eigenvalue weighted by Crippen LogP contribution is 2.58. The number of nitrogens with one attached hydrogen (secondary N) is 1. The molecule has 0 aromatic heterocycles. The minimum atomic E-state index is -2.30. The number of carbonyl (C=O) groups is 1.